The molecular formula is C21H18F2N6O2. The van der Waals surface area contributed by atoms with Gasteiger partial charge >= 0.3 is 0 Å². The summed E-state index contributed by atoms with van der Waals surface area (Å²) in [7, 11) is 0. The van der Waals surface area contributed by atoms with Crippen molar-refractivity contribution in [3.8, 4) is 11.4 Å². The highest BCUT2D eigenvalue weighted by Gasteiger charge is 2.28. The number of amides is 2. The molecule has 0 bridgehead atoms. The van der Waals surface area contributed by atoms with E-state index in [4.69, 9.17) is 0 Å². The first-order valence-corrected chi connectivity index (χ1v) is 9.65. The third kappa shape index (κ3) is 4.23. The molecule has 10 heteroatoms. The summed E-state index contributed by atoms with van der Waals surface area (Å²) in [5, 5.41) is 5.33. The normalized spacial score (nSPS) is 12.4. The number of carbonyl (C=O) groups excluding carboxylic acids is 2. The number of hydrogen-bond donors (Lipinski definition) is 2. The molecule has 2 N–H and O–H groups in total. The molecule has 0 aliphatic carbocycles. The van der Waals surface area contributed by atoms with Crippen molar-refractivity contribution in [1.82, 2.24) is 30.6 Å². The van der Waals surface area contributed by atoms with Crippen LogP contribution in [0.25, 0.3) is 11.4 Å². The van der Waals surface area contributed by atoms with Gasteiger partial charge in [-0.15, -0.1) is 0 Å². The highest BCUT2D eigenvalue weighted by molar-refractivity contribution is 5.99. The van der Waals surface area contributed by atoms with Crippen LogP contribution in [0.15, 0.2) is 30.6 Å². The fourth-order valence-corrected chi connectivity index (χ4v) is 3.31. The second kappa shape index (κ2) is 8.50. The Bertz CT molecular complexity index is 1150. The van der Waals surface area contributed by atoms with Gasteiger partial charge < -0.3 is 10.6 Å². The summed E-state index contributed by atoms with van der Waals surface area (Å²) in [6.07, 6.45) is 3.28. The van der Waals surface area contributed by atoms with Crippen molar-refractivity contribution >= 4 is 11.8 Å². The van der Waals surface area contributed by atoms with Crippen LogP contribution < -0.4 is 10.6 Å². The standard InChI is InChI=1S/C21H18F2N6O2/c1-2-24-17(30)7-16-25-8-11(9-26-16)6-14-19-15(10-27-21(19)31)29-20(28-14)18-12(22)4-3-5-13(18)23/h3-5,8-9H,2,6-7,10H2,1H3,(H,24,30)(H,27,31). The van der Waals surface area contributed by atoms with Gasteiger partial charge in [0.1, 0.15) is 17.5 Å². The monoisotopic (exact) mass is 424 g/mol. The number of fused-ring (bicyclic) bond motifs is 1. The summed E-state index contributed by atoms with van der Waals surface area (Å²) in [6.45, 7) is 2.48. The van der Waals surface area contributed by atoms with Crippen molar-refractivity contribution < 1.29 is 18.4 Å². The molecule has 0 spiro atoms. The maximum Gasteiger partial charge on any atom is 0.255 e. The largest absolute Gasteiger partial charge is 0.356 e. The van der Waals surface area contributed by atoms with Gasteiger partial charge in [0.2, 0.25) is 5.91 Å². The number of nitrogens with zero attached hydrogens (tertiary/aromatic N) is 4. The fraction of sp³-hybridized carbons (Fsp3) is 0.238. The van der Waals surface area contributed by atoms with Crippen molar-refractivity contribution in [2.75, 3.05) is 6.54 Å². The average molecular weight is 424 g/mol. The van der Waals surface area contributed by atoms with Gasteiger partial charge in [0.15, 0.2) is 5.82 Å². The molecule has 1 aromatic carbocycles. The van der Waals surface area contributed by atoms with E-state index in [9.17, 15) is 18.4 Å². The Morgan fingerprint density at radius 3 is 2.52 bits per heavy atom. The van der Waals surface area contributed by atoms with Crippen LogP contribution in [0.3, 0.4) is 0 Å². The van der Waals surface area contributed by atoms with E-state index in [2.05, 4.69) is 30.6 Å². The summed E-state index contributed by atoms with van der Waals surface area (Å²) < 4.78 is 28.5. The summed E-state index contributed by atoms with van der Waals surface area (Å²) in [4.78, 5) is 40.8. The van der Waals surface area contributed by atoms with E-state index in [0.29, 0.717) is 29.3 Å². The van der Waals surface area contributed by atoms with E-state index in [-0.39, 0.29) is 48.2 Å². The lowest BCUT2D eigenvalue weighted by atomic mass is 10.1. The zero-order chi connectivity index (χ0) is 22.0. The molecular weight excluding hydrogens is 406 g/mol. The Balaban J connectivity index is 1.67. The number of aromatic nitrogens is 4. The summed E-state index contributed by atoms with van der Waals surface area (Å²) >= 11 is 0. The lowest BCUT2D eigenvalue weighted by molar-refractivity contribution is -0.120. The van der Waals surface area contributed by atoms with Gasteiger partial charge in [0.05, 0.1) is 35.5 Å². The lowest BCUT2D eigenvalue weighted by Gasteiger charge is -2.10. The lowest BCUT2D eigenvalue weighted by Crippen LogP contribution is -2.25. The van der Waals surface area contributed by atoms with Crippen LogP contribution in [0.2, 0.25) is 0 Å². The van der Waals surface area contributed by atoms with Crippen LogP contribution in [0.5, 0.6) is 0 Å². The molecule has 1 aliphatic heterocycles. The van der Waals surface area contributed by atoms with Crippen molar-refractivity contribution in [3.63, 3.8) is 0 Å². The summed E-state index contributed by atoms with van der Waals surface area (Å²) in [5.41, 5.74) is 1.26. The number of likely N-dealkylation sites (N-methyl/N-ethyl adjacent to an activating group) is 1. The minimum Gasteiger partial charge on any atom is -0.356 e. The molecule has 0 radical (unpaired) electrons. The fourth-order valence-electron chi connectivity index (χ4n) is 3.31. The molecule has 0 saturated heterocycles. The SMILES string of the molecule is CCNC(=O)Cc1ncc(Cc2nc(-c3c(F)cccc3F)nc3c2C(=O)NC3)cn1. The molecule has 3 aromatic rings. The molecule has 158 valence electrons. The topological polar surface area (TPSA) is 110 Å². The summed E-state index contributed by atoms with van der Waals surface area (Å²) in [5.74, 6) is -1.89. The number of benzene rings is 1. The first-order chi connectivity index (χ1) is 15.0. The minimum atomic E-state index is -0.791. The van der Waals surface area contributed by atoms with E-state index >= 15 is 0 Å². The van der Waals surface area contributed by atoms with Crippen molar-refractivity contribution in [3.05, 3.63) is 70.6 Å². The van der Waals surface area contributed by atoms with Gasteiger partial charge in [-0.25, -0.2) is 28.7 Å². The molecule has 0 unspecified atom stereocenters. The number of nitrogens with one attached hydrogen (secondary N) is 2. The van der Waals surface area contributed by atoms with Crippen LogP contribution in [0, 0.1) is 11.6 Å². The molecule has 0 saturated carbocycles. The molecule has 2 amide bonds. The van der Waals surface area contributed by atoms with Gasteiger partial charge in [-0.05, 0) is 24.6 Å². The molecule has 3 heterocycles. The van der Waals surface area contributed by atoms with Crippen LogP contribution in [-0.4, -0.2) is 38.3 Å². The van der Waals surface area contributed by atoms with Crippen LogP contribution in [0.4, 0.5) is 8.78 Å². The Morgan fingerprint density at radius 1 is 1.13 bits per heavy atom. The predicted octanol–water partition coefficient (Wildman–Crippen LogP) is 1.72. The first-order valence-electron chi connectivity index (χ1n) is 9.65. The van der Waals surface area contributed by atoms with Gasteiger partial charge in [-0.1, -0.05) is 6.07 Å². The Hall–Kier alpha value is -3.82. The minimum absolute atomic E-state index is 0.0517. The van der Waals surface area contributed by atoms with Gasteiger partial charge in [-0.3, -0.25) is 9.59 Å². The molecule has 0 fully saturated rings. The maximum absolute atomic E-state index is 14.3. The van der Waals surface area contributed by atoms with E-state index in [1.165, 1.54) is 18.5 Å². The zero-order valence-electron chi connectivity index (χ0n) is 16.6. The molecule has 2 aromatic heterocycles. The van der Waals surface area contributed by atoms with Crippen LogP contribution >= 0.6 is 0 Å². The maximum atomic E-state index is 14.3. The second-order valence-corrected chi connectivity index (χ2v) is 6.91. The number of halogens is 2. The Kier molecular flexibility index (Phi) is 5.61. The smallest absolute Gasteiger partial charge is 0.255 e. The van der Waals surface area contributed by atoms with E-state index < -0.39 is 11.6 Å². The van der Waals surface area contributed by atoms with E-state index in [1.54, 1.807) is 0 Å². The number of rotatable bonds is 6. The van der Waals surface area contributed by atoms with Gasteiger partial charge in [-0.2, -0.15) is 0 Å². The Morgan fingerprint density at radius 2 is 1.84 bits per heavy atom. The van der Waals surface area contributed by atoms with Crippen LogP contribution in [-0.2, 0) is 24.2 Å². The average Bonchev–Trinajstić information content (AvgIpc) is 3.11. The predicted molar refractivity (Wildman–Crippen MR) is 106 cm³/mol. The molecule has 31 heavy (non-hydrogen) atoms. The van der Waals surface area contributed by atoms with Gasteiger partial charge in [0, 0.05) is 25.4 Å². The number of carbonyl (C=O) groups is 2. The van der Waals surface area contributed by atoms with Crippen molar-refractivity contribution in [1.29, 1.82) is 0 Å². The highest BCUT2D eigenvalue weighted by atomic mass is 19.1. The second-order valence-electron chi connectivity index (χ2n) is 6.91. The van der Waals surface area contributed by atoms with E-state index in [0.717, 1.165) is 12.1 Å². The van der Waals surface area contributed by atoms with Crippen molar-refractivity contribution in [2.24, 2.45) is 0 Å². The molecule has 4 rings (SSSR count). The quantitative estimate of drug-likeness (QED) is 0.624. The molecule has 8 nitrogen and oxygen atoms in total. The third-order valence-electron chi connectivity index (χ3n) is 4.71. The summed E-state index contributed by atoms with van der Waals surface area (Å²) in [6, 6.07) is 3.51. The zero-order valence-corrected chi connectivity index (χ0v) is 16.6. The Labute approximate surface area is 176 Å². The number of hydrogen-bond acceptors (Lipinski definition) is 6. The molecule has 0 atom stereocenters. The first kappa shape index (κ1) is 20.5. The molecule has 1 aliphatic rings. The highest BCUT2D eigenvalue weighted by Crippen LogP contribution is 2.27. The van der Waals surface area contributed by atoms with Crippen LogP contribution in [0.1, 0.15) is 40.1 Å². The van der Waals surface area contributed by atoms with E-state index in [1.807, 2.05) is 6.92 Å². The van der Waals surface area contributed by atoms with Crippen molar-refractivity contribution in [2.45, 2.75) is 26.3 Å². The third-order valence-corrected chi connectivity index (χ3v) is 4.71. The van der Waals surface area contributed by atoms with Gasteiger partial charge in [0.25, 0.3) is 5.91 Å².